The summed E-state index contributed by atoms with van der Waals surface area (Å²) in [5.41, 5.74) is 1.16. The van der Waals surface area contributed by atoms with Gasteiger partial charge in [-0.05, 0) is 24.3 Å². The van der Waals surface area contributed by atoms with Crippen LogP contribution in [-0.4, -0.2) is 32.2 Å². The maximum Gasteiger partial charge on any atom is 0.339 e. The first-order valence-corrected chi connectivity index (χ1v) is 7.34. The van der Waals surface area contributed by atoms with Crippen LogP contribution in [0.3, 0.4) is 0 Å². The second-order valence-corrected chi connectivity index (χ2v) is 5.44. The predicted octanol–water partition coefficient (Wildman–Crippen LogP) is 1.77. The van der Waals surface area contributed by atoms with Gasteiger partial charge in [0.2, 0.25) is 0 Å². The topological polar surface area (TPSA) is 81.0 Å². The highest BCUT2D eigenvalue weighted by molar-refractivity contribution is 6.20. The molecule has 124 valence electrons. The Kier molecular flexibility index (Phi) is 3.31. The van der Waals surface area contributed by atoms with Gasteiger partial charge in [-0.3, -0.25) is 9.59 Å². The number of fused-ring (bicyclic) bond motifs is 2. The van der Waals surface area contributed by atoms with Crippen molar-refractivity contribution in [3.8, 4) is 0 Å². The molecule has 25 heavy (non-hydrogen) atoms. The Morgan fingerprint density at radius 3 is 2.40 bits per heavy atom. The number of halogens is 1. The van der Waals surface area contributed by atoms with Crippen molar-refractivity contribution in [3.05, 3.63) is 71.4 Å². The lowest BCUT2D eigenvalue weighted by atomic mass is 10.1. The minimum atomic E-state index is -0.821. The van der Waals surface area contributed by atoms with E-state index in [0.29, 0.717) is 16.4 Å². The summed E-state index contributed by atoms with van der Waals surface area (Å²) >= 11 is 0. The van der Waals surface area contributed by atoms with Crippen molar-refractivity contribution in [1.82, 2.24) is 14.4 Å². The highest BCUT2D eigenvalue weighted by Gasteiger charge is 2.38. The molecule has 0 spiro atoms. The molecule has 1 aromatic carbocycles. The average Bonchev–Trinajstić information content (AvgIpc) is 3.09. The van der Waals surface area contributed by atoms with E-state index in [2.05, 4.69) is 4.98 Å². The molecule has 2 aromatic heterocycles. The van der Waals surface area contributed by atoms with Crippen molar-refractivity contribution in [1.29, 1.82) is 0 Å². The van der Waals surface area contributed by atoms with Crippen molar-refractivity contribution in [2.24, 2.45) is 0 Å². The van der Waals surface area contributed by atoms with E-state index in [4.69, 9.17) is 4.84 Å². The highest BCUT2D eigenvalue weighted by atomic mass is 19.1. The molecule has 0 atom stereocenters. The smallest absolute Gasteiger partial charge is 0.329 e. The highest BCUT2D eigenvalue weighted by Crippen LogP contribution is 2.22. The van der Waals surface area contributed by atoms with Crippen LogP contribution in [0, 0.1) is 5.82 Å². The maximum absolute atomic E-state index is 13.2. The van der Waals surface area contributed by atoms with E-state index in [9.17, 15) is 18.8 Å². The number of rotatable bonds is 3. The lowest BCUT2D eigenvalue weighted by molar-refractivity contribution is -0.167. The van der Waals surface area contributed by atoms with Gasteiger partial charge in [-0.15, -0.1) is 0 Å². The van der Waals surface area contributed by atoms with Crippen molar-refractivity contribution >= 4 is 23.4 Å². The van der Waals surface area contributed by atoms with Crippen LogP contribution in [0.4, 0.5) is 4.39 Å². The zero-order valence-corrected chi connectivity index (χ0v) is 12.7. The Morgan fingerprint density at radius 1 is 1.04 bits per heavy atom. The number of aromatic nitrogens is 2. The third-order valence-corrected chi connectivity index (χ3v) is 3.74. The van der Waals surface area contributed by atoms with E-state index in [-0.39, 0.29) is 17.5 Å². The standard InChI is InChI=1S/C17H10FN3O4/c18-10-5-6-14-19-11(9-20(14)8-10)7-15(22)25-21-16(23)12-3-1-2-4-13(12)17(21)24/h1-6,8-9H,7H2. The molecule has 0 fully saturated rings. The molecule has 2 amide bonds. The van der Waals surface area contributed by atoms with Crippen LogP contribution in [0.1, 0.15) is 26.4 Å². The fourth-order valence-corrected chi connectivity index (χ4v) is 2.63. The Bertz CT molecular complexity index is 1010. The lowest BCUT2D eigenvalue weighted by Gasteiger charge is -2.11. The Labute approximate surface area is 140 Å². The number of carbonyl (C=O) groups excluding carboxylic acids is 3. The molecule has 0 N–H and O–H groups in total. The zero-order chi connectivity index (χ0) is 17.6. The maximum atomic E-state index is 13.2. The largest absolute Gasteiger partial charge is 0.339 e. The van der Waals surface area contributed by atoms with Gasteiger partial charge in [0.05, 0.1) is 23.2 Å². The van der Waals surface area contributed by atoms with Crippen molar-refractivity contribution < 1.29 is 23.6 Å². The number of pyridine rings is 1. The summed E-state index contributed by atoms with van der Waals surface area (Å²) in [5, 5.41) is 0.447. The van der Waals surface area contributed by atoms with Gasteiger partial charge >= 0.3 is 5.97 Å². The fourth-order valence-electron chi connectivity index (χ4n) is 2.63. The van der Waals surface area contributed by atoms with Crippen LogP contribution in [0.2, 0.25) is 0 Å². The summed E-state index contributed by atoms with van der Waals surface area (Å²) in [6.45, 7) is 0. The van der Waals surface area contributed by atoms with Crippen molar-refractivity contribution in [3.63, 3.8) is 0 Å². The van der Waals surface area contributed by atoms with Gasteiger partial charge in [0.25, 0.3) is 11.8 Å². The van der Waals surface area contributed by atoms with E-state index in [1.165, 1.54) is 41.1 Å². The van der Waals surface area contributed by atoms with Crippen LogP contribution < -0.4 is 0 Å². The van der Waals surface area contributed by atoms with E-state index in [1.807, 2.05) is 0 Å². The molecule has 3 aromatic rings. The van der Waals surface area contributed by atoms with Gasteiger partial charge in [0, 0.05) is 12.4 Å². The van der Waals surface area contributed by atoms with Crippen molar-refractivity contribution in [2.75, 3.05) is 0 Å². The molecular formula is C17H10FN3O4. The number of nitrogens with zero attached hydrogens (tertiary/aromatic N) is 3. The molecule has 0 saturated heterocycles. The molecule has 0 unspecified atom stereocenters. The quantitative estimate of drug-likeness (QED) is 0.679. The normalized spacial score (nSPS) is 13.4. The number of benzene rings is 1. The van der Waals surface area contributed by atoms with Gasteiger partial charge in [0.1, 0.15) is 11.5 Å². The van der Waals surface area contributed by atoms with Crippen LogP contribution in [0.5, 0.6) is 0 Å². The Balaban J connectivity index is 1.51. The molecule has 7 nitrogen and oxygen atoms in total. The van der Waals surface area contributed by atoms with Gasteiger partial charge in [0.15, 0.2) is 0 Å². The zero-order valence-electron chi connectivity index (χ0n) is 12.7. The second-order valence-electron chi connectivity index (χ2n) is 5.44. The molecular weight excluding hydrogens is 329 g/mol. The average molecular weight is 339 g/mol. The van der Waals surface area contributed by atoms with Crippen LogP contribution in [0.15, 0.2) is 48.8 Å². The summed E-state index contributed by atoms with van der Waals surface area (Å²) in [4.78, 5) is 45.4. The second kappa shape index (κ2) is 5.52. The first kappa shape index (κ1) is 15.0. The van der Waals surface area contributed by atoms with E-state index < -0.39 is 23.6 Å². The number of hydroxylamine groups is 2. The lowest BCUT2D eigenvalue weighted by Crippen LogP contribution is -2.33. The van der Waals surface area contributed by atoms with Gasteiger partial charge in [-0.1, -0.05) is 17.2 Å². The van der Waals surface area contributed by atoms with Crippen LogP contribution in [0.25, 0.3) is 5.65 Å². The summed E-state index contributed by atoms with van der Waals surface area (Å²) in [6, 6.07) is 8.92. The SMILES string of the molecule is O=C(Cc1cn2cc(F)ccc2n1)ON1C(=O)c2ccccc2C1=O. The van der Waals surface area contributed by atoms with E-state index >= 15 is 0 Å². The molecule has 0 radical (unpaired) electrons. The van der Waals surface area contributed by atoms with Crippen molar-refractivity contribution in [2.45, 2.75) is 6.42 Å². The minimum absolute atomic E-state index is 0.184. The monoisotopic (exact) mass is 339 g/mol. The first-order chi connectivity index (χ1) is 12.0. The molecule has 8 heteroatoms. The number of hydrogen-bond donors (Lipinski definition) is 0. The van der Waals surface area contributed by atoms with Crippen LogP contribution in [-0.2, 0) is 16.1 Å². The Hall–Kier alpha value is -3.55. The molecule has 1 aliphatic heterocycles. The Morgan fingerprint density at radius 2 is 1.72 bits per heavy atom. The number of carbonyl (C=O) groups is 3. The number of imide groups is 1. The van der Waals surface area contributed by atoms with E-state index in [0.717, 1.165) is 0 Å². The molecule has 0 saturated carbocycles. The summed E-state index contributed by atoms with van der Waals surface area (Å²) in [6.07, 6.45) is 2.43. The summed E-state index contributed by atoms with van der Waals surface area (Å²) in [5.74, 6) is -2.64. The molecule has 3 heterocycles. The third kappa shape index (κ3) is 2.53. The summed E-state index contributed by atoms with van der Waals surface area (Å²) < 4.78 is 14.6. The van der Waals surface area contributed by atoms with Gasteiger partial charge in [-0.2, -0.15) is 0 Å². The van der Waals surface area contributed by atoms with E-state index in [1.54, 1.807) is 12.1 Å². The van der Waals surface area contributed by atoms with Gasteiger partial charge < -0.3 is 9.24 Å². The molecule has 0 aliphatic carbocycles. The van der Waals surface area contributed by atoms with Crippen LogP contribution >= 0.6 is 0 Å². The number of amides is 2. The summed E-state index contributed by atoms with van der Waals surface area (Å²) in [7, 11) is 0. The molecule has 0 bridgehead atoms. The number of imidazole rings is 1. The fraction of sp³-hybridized carbons (Fsp3) is 0.0588. The predicted molar refractivity (Wildman–Crippen MR) is 81.9 cm³/mol. The molecule has 4 rings (SSSR count). The first-order valence-electron chi connectivity index (χ1n) is 7.34. The minimum Gasteiger partial charge on any atom is -0.329 e. The third-order valence-electron chi connectivity index (χ3n) is 3.74. The van der Waals surface area contributed by atoms with Gasteiger partial charge in [-0.25, -0.2) is 14.2 Å². The molecule has 1 aliphatic rings. The number of hydrogen-bond acceptors (Lipinski definition) is 5.